The highest BCUT2D eigenvalue weighted by molar-refractivity contribution is 5.66. The Bertz CT molecular complexity index is 635. The maximum Gasteiger partial charge on any atom is 0.123 e. The molecule has 1 heteroatoms. The molecule has 0 nitrogen and oxygen atoms in total. The van der Waals surface area contributed by atoms with E-state index in [4.69, 9.17) is 0 Å². The first kappa shape index (κ1) is 15.0. The third-order valence-electron chi connectivity index (χ3n) is 4.62. The Balaban J connectivity index is 1.68. The largest absolute Gasteiger partial charge is 0.207 e. The lowest BCUT2D eigenvalue weighted by Gasteiger charge is -2.23. The second-order valence-corrected chi connectivity index (χ2v) is 6.20. The summed E-state index contributed by atoms with van der Waals surface area (Å²) in [6.07, 6.45) is 8.04. The van der Waals surface area contributed by atoms with Crippen molar-refractivity contribution in [3.05, 3.63) is 77.1 Å². The average molecular weight is 294 g/mol. The molecule has 0 aromatic heterocycles. The normalized spacial score (nSPS) is 18.1. The monoisotopic (exact) mass is 294 g/mol. The van der Waals surface area contributed by atoms with Gasteiger partial charge >= 0.3 is 0 Å². The Morgan fingerprint density at radius 1 is 1.00 bits per heavy atom. The highest BCUT2D eigenvalue weighted by Crippen LogP contribution is 2.36. The van der Waals surface area contributed by atoms with Crippen molar-refractivity contribution >= 4 is 5.57 Å². The SMILES string of the molecule is CCCc1ccc(C2CC=C(c3ccc(F)cc3)CC2)cc1. The highest BCUT2D eigenvalue weighted by atomic mass is 19.1. The summed E-state index contributed by atoms with van der Waals surface area (Å²) in [7, 11) is 0. The fourth-order valence-corrected chi connectivity index (χ4v) is 3.31. The molecular formula is C21H23F. The van der Waals surface area contributed by atoms with Gasteiger partial charge in [0, 0.05) is 0 Å². The third-order valence-corrected chi connectivity index (χ3v) is 4.62. The van der Waals surface area contributed by atoms with Crippen molar-refractivity contribution < 1.29 is 4.39 Å². The molecule has 1 aliphatic carbocycles. The fraction of sp³-hybridized carbons (Fsp3) is 0.333. The Labute approximate surface area is 132 Å². The lowest BCUT2D eigenvalue weighted by Crippen LogP contribution is -2.04. The van der Waals surface area contributed by atoms with E-state index in [1.165, 1.54) is 36.0 Å². The first-order chi connectivity index (χ1) is 10.8. The van der Waals surface area contributed by atoms with Crippen LogP contribution in [-0.2, 0) is 6.42 Å². The van der Waals surface area contributed by atoms with Crippen LogP contribution in [0.4, 0.5) is 4.39 Å². The van der Waals surface area contributed by atoms with Crippen molar-refractivity contribution in [3.63, 3.8) is 0 Å². The van der Waals surface area contributed by atoms with E-state index in [0.29, 0.717) is 5.92 Å². The minimum Gasteiger partial charge on any atom is -0.207 e. The molecule has 0 spiro atoms. The molecule has 0 saturated heterocycles. The first-order valence-corrected chi connectivity index (χ1v) is 8.30. The molecule has 1 unspecified atom stereocenters. The second-order valence-electron chi connectivity index (χ2n) is 6.20. The van der Waals surface area contributed by atoms with Crippen molar-refractivity contribution in [1.29, 1.82) is 0 Å². The number of aryl methyl sites for hydroxylation is 1. The summed E-state index contributed by atoms with van der Waals surface area (Å²) < 4.78 is 13.0. The zero-order valence-electron chi connectivity index (χ0n) is 13.2. The van der Waals surface area contributed by atoms with Gasteiger partial charge in [-0.3, -0.25) is 0 Å². The van der Waals surface area contributed by atoms with Crippen molar-refractivity contribution in [2.75, 3.05) is 0 Å². The number of benzene rings is 2. The smallest absolute Gasteiger partial charge is 0.123 e. The molecule has 1 atom stereocenters. The maximum atomic E-state index is 13.0. The number of hydrogen-bond acceptors (Lipinski definition) is 0. The van der Waals surface area contributed by atoms with Crippen molar-refractivity contribution in [1.82, 2.24) is 0 Å². The molecule has 3 rings (SSSR count). The molecule has 0 N–H and O–H groups in total. The van der Waals surface area contributed by atoms with Gasteiger partial charge in [-0.1, -0.05) is 55.8 Å². The number of allylic oxidation sites excluding steroid dienone is 2. The molecule has 0 heterocycles. The molecular weight excluding hydrogens is 271 g/mol. The van der Waals surface area contributed by atoms with Crippen LogP contribution >= 0.6 is 0 Å². The Morgan fingerprint density at radius 3 is 2.32 bits per heavy atom. The maximum absolute atomic E-state index is 13.0. The van der Waals surface area contributed by atoms with Gasteiger partial charge in [0.1, 0.15) is 5.82 Å². The van der Waals surface area contributed by atoms with Crippen molar-refractivity contribution in [2.24, 2.45) is 0 Å². The van der Waals surface area contributed by atoms with Crippen molar-refractivity contribution in [3.8, 4) is 0 Å². The number of rotatable bonds is 4. The molecule has 0 radical (unpaired) electrons. The molecule has 0 amide bonds. The van der Waals surface area contributed by atoms with Crippen LogP contribution in [0.15, 0.2) is 54.6 Å². The molecule has 0 bridgehead atoms. The summed E-state index contributed by atoms with van der Waals surface area (Å²) in [5.74, 6) is 0.463. The van der Waals surface area contributed by atoms with Crippen LogP contribution in [0.3, 0.4) is 0 Å². The van der Waals surface area contributed by atoms with Gasteiger partial charge in [-0.2, -0.15) is 0 Å². The molecule has 0 fully saturated rings. The number of hydrogen-bond donors (Lipinski definition) is 0. The van der Waals surface area contributed by atoms with Crippen LogP contribution in [0.1, 0.15) is 55.2 Å². The Kier molecular flexibility index (Phi) is 4.72. The summed E-state index contributed by atoms with van der Waals surface area (Å²) in [6, 6.07) is 16.0. The summed E-state index contributed by atoms with van der Waals surface area (Å²) >= 11 is 0. The van der Waals surface area contributed by atoms with E-state index in [0.717, 1.165) is 18.4 Å². The molecule has 22 heavy (non-hydrogen) atoms. The van der Waals surface area contributed by atoms with Gasteiger partial charge in [-0.05, 0) is 66.0 Å². The molecule has 114 valence electrons. The van der Waals surface area contributed by atoms with Crippen LogP contribution in [0.5, 0.6) is 0 Å². The van der Waals surface area contributed by atoms with Gasteiger partial charge in [-0.25, -0.2) is 4.39 Å². The Morgan fingerprint density at radius 2 is 1.73 bits per heavy atom. The van der Waals surface area contributed by atoms with Crippen LogP contribution < -0.4 is 0 Å². The summed E-state index contributed by atoms with van der Waals surface area (Å²) in [5.41, 5.74) is 5.41. The molecule has 0 aliphatic heterocycles. The molecule has 0 saturated carbocycles. The molecule has 1 aliphatic rings. The van der Waals surface area contributed by atoms with E-state index in [2.05, 4.69) is 37.3 Å². The molecule has 2 aromatic rings. The quantitative estimate of drug-likeness (QED) is 0.636. The fourth-order valence-electron chi connectivity index (χ4n) is 3.31. The summed E-state index contributed by atoms with van der Waals surface area (Å²) in [4.78, 5) is 0. The lowest BCUT2D eigenvalue weighted by atomic mass is 9.82. The van der Waals surface area contributed by atoms with E-state index in [-0.39, 0.29) is 5.82 Å². The molecule has 2 aromatic carbocycles. The van der Waals surface area contributed by atoms with E-state index >= 15 is 0 Å². The lowest BCUT2D eigenvalue weighted by molar-refractivity contribution is 0.622. The van der Waals surface area contributed by atoms with Gasteiger partial charge in [-0.15, -0.1) is 0 Å². The minimum atomic E-state index is -0.162. The predicted molar refractivity (Wildman–Crippen MR) is 91.4 cm³/mol. The highest BCUT2D eigenvalue weighted by Gasteiger charge is 2.17. The van der Waals surface area contributed by atoms with E-state index in [1.807, 2.05) is 12.1 Å². The van der Waals surface area contributed by atoms with Crippen molar-refractivity contribution in [2.45, 2.75) is 44.9 Å². The van der Waals surface area contributed by atoms with Gasteiger partial charge in [0.05, 0.1) is 0 Å². The van der Waals surface area contributed by atoms with Crippen LogP contribution in [0, 0.1) is 5.82 Å². The summed E-state index contributed by atoms with van der Waals surface area (Å²) in [5, 5.41) is 0. The zero-order valence-corrected chi connectivity index (χ0v) is 13.2. The van der Waals surface area contributed by atoms with Crippen LogP contribution in [-0.4, -0.2) is 0 Å². The predicted octanol–water partition coefficient (Wildman–Crippen LogP) is 6.13. The first-order valence-electron chi connectivity index (χ1n) is 8.30. The van der Waals surface area contributed by atoms with E-state index < -0.39 is 0 Å². The van der Waals surface area contributed by atoms with Crippen LogP contribution in [0.2, 0.25) is 0 Å². The average Bonchev–Trinajstić information content (AvgIpc) is 2.57. The Hall–Kier alpha value is -1.89. The minimum absolute atomic E-state index is 0.162. The van der Waals surface area contributed by atoms with Gasteiger partial charge in [0.15, 0.2) is 0 Å². The van der Waals surface area contributed by atoms with Gasteiger partial charge in [0.25, 0.3) is 0 Å². The topological polar surface area (TPSA) is 0 Å². The van der Waals surface area contributed by atoms with Gasteiger partial charge < -0.3 is 0 Å². The van der Waals surface area contributed by atoms with E-state index in [1.54, 1.807) is 12.1 Å². The van der Waals surface area contributed by atoms with Gasteiger partial charge in [0.2, 0.25) is 0 Å². The standard InChI is InChI=1S/C21H23F/c1-2-3-16-4-6-17(7-5-16)18-8-10-19(11-9-18)20-12-14-21(22)15-13-20/h4-7,10,12-15,18H,2-3,8-9,11H2,1H3. The van der Waals surface area contributed by atoms with E-state index in [9.17, 15) is 4.39 Å². The third kappa shape index (κ3) is 3.47. The number of halogens is 1. The zero-order chi connectivity index (χ0) is 15.4. The summed E-state index contributed by atoms with van der Waals surface area (Å²) in [6.45, 7) is 2.22. The second kappa shape index (κ2) is 6.91. The van der Waals surface area contributed by atoms with Crippen LogP contribution in [0.25, 0.3) is 5.57 Å².